The molecular formula is C19H30FN3O. The second-order valence-electron chi connectivity index (χ2n) is 7.33. The first kappa shape index (κ1) is 17.5. The van der Waals surface area contributed by atoms with E-state index in [0.717, 1.165) is 37.2 Å². The second kappa shape index (κ2) is 7.70. The number of nitrogens with one attached hydrogen (secondary N) is 1. The molecule has 0 spiro atoms. The van der Waals surface area contributed by atoms with Crippen LogP contribution in [0.1, 0.15) is 44.1 Å². The van der Waals surface area contributed by atoms with Gasteiger partial charge in [-0.15, -0.1) is 0 Å². The van der Waals surface area contributed by atoms with Gasteiger partial charge in [0.1, 0.15) is 5.82 Å². The van der Waals surface area contributed by atoms with Gasteiger partial charge in [0.05, 0.1) is 17.5 Å². The third-order valence-electron chi connectivity index (χ3n) is 5.66. The molecule has 0 bridgehead atoms. The topological polar surface area (TPSA) is 50.5 Å². The largest absolute Gasteiger partial charge is 0.395 e. The number of piperidine rings is 1. The number of rotatable bonds is 4. The van der Waals surface area contributed by atoms with E-state index in [1.54, 1.807) is 0 Å². The van der Waals surface area contributed by atoms with Crippen molar-refractivity contribution in [2.24, 2.45) is 0 Å². The van der Waals surface area contributed by atoms with E-state index in [0.29, 0.717) is 18.2 Å². The number of halogens is 1. The van der Waals surface area contributed by atoms with Crippen LogP contribution in [0.15, 0.2) is 12.1 Å². The Balaban J connectivity index is 1.51. The van der Waals surface area contributed by atoms with Crippen LogP contribution in [-0.2, 0) is 4.74 Å². The highest BCUT2D eigenvalue weighted by Crippen LogP contribution is 2.29. The first-order valence-corrected chi connectivity index (χ1v) is 9.16. The number of aryl methyl sites for hydroxylation is 1. The molecule has 1 heterocycles. The molecule has 0 amide bonds. The number of benzene rings is 1. The highest BCUT2D eigenvalue weighted by molar-refractivity contribution is 5.68. The summed E-state index contributed by atoms with van der Waals surface area (Å²) in [6, 6.07) is 4.51. The van der Waals surface area contributed by atoms with E-state index < -0.39 is 0 Å². The molecule has 134 valence electrons. The Kier molecular flexibility index (Phi) is 5.61. The number of nitrogens with two attached hydrogens (primary N) is 1. The summed E-state index contributed by atoms with van der Waals surface area (Å²) < 4.78 is 19.2. The summed E-state index contributed by atoms with van der Waals surface area (Å²) >= 11 is 0. The zero-order valence-corrected chi connectivity index (χ0v) is 14.9. The summed E-state index contributed by atoms with van der Waals surface area (Å²) in [6.07, 6.45) is 7.47. The van der Waals surface area contributed by atoms with Crippen molar-refractivity contribution in [3.63, 3.8) is 0 Å². The van der Waals surface area contributed by atoms with Gasteiger partial charge < -0.3 is 20.7 Å². The minimum atomic E-state index is -0.329. The molecule has 0 radical (unpaired) electrons. The molecule has 1 aliphatic carbocycles. The Hall–Kier alpha value is -1.33. The molecule has 2 aliphatic rings. The second-order valence-corrected chi connectivity index (χ2v) is 7.33. The predicted octanol–water partition coefficient (Wildman–Crippen LogP) is 3.55. The van der Waals surface area contributed by atoms with Crippen molar-refractivity contribution >= 4 is 11.4 Å². The highest BCUT2D eigenvalue weighted by Gasteiger charge is 2.29. The molecule has 0 unspecified atom stereocenters. The molecule has 5 heteroatoms. The fraction of sp³-hybridized carbons (Fsp3) is 0.684. The van der Waals surface area contributed by atoms with Gasteiger partial charge in [0.15, 0.2) is 0 Å². The molecule has 24 heavy (non-hydrogen) atoms. The van der Waals surface area contributed by atoms with Gasteiger partial charge >= 0.3 is 0 Å². The first-order chi connectivity index (χ1) is 11.6. The van der Waals surface area contributed by atoms with Gasteiger partial charge in [-0.3, -0.25) is 0 Å². The predicted molar refractivity (Wildman–Crippen MR) is 96.8 cm³/mol. The van der Waals surface area contributed by atoms with Gasteiger partial charge in [-0.2, -0.15) is 0 Å². The lowest BCUT2D eigenvalue weighted by atomic mass is 9.90. The van der Waals surface area contributed by atoms with E-state index in [9.17, 15) is 4.39 Å². The Bertz CT molecular complexity index is 550. The molecule has 1 aliphatic heterocycles. The van der Waals surface area contributed by atoms with Crippen LogP contribution < -0.4 is 11.1 Å². The van der Waals surface area contributed by atoms with Gasteiger partial charge in [-0.05, 0) is 63.1 Å². The van der Waals surface area contributed by atoms with Crippen LogP contribution in [0.4, 0.5) is 15.8 Å². The Morgan fingerprint density at radius 2 is 1.79 bits per heavy atom. The minimum absolute atomic E-state index is 0.237. The smallest absolute Gasteiger partial charge is 0.148 e. The number of hydrogen-bond donors (Lipinski definition) is 2. The normalized spacial score (nSPS) is 26.5. The quantitative estimate of drug-likeness (QED) is 0.826. The van der Waals surface area contributed by atoms with Gasteiger partial charge in [0.25, 0.3) is 0 Å². The molecule has 0 aromatic heterocycles. The van der Waals surface area contributed by atoms with E-state index in [4.69, 9.17) is 10.5 Å². The van der Waals surface area contributed by atoms with Gasteiger partial charge in [0.2, 0.25) is 0 Å². The van der Waals surface area contributed by atoms with Gasteiger partial charge in [-0.25, -0.2) is 4.39 Å². The fourth-order valence-electron chi connectivity index (χ4n) is 4.15. The minimum Gasteiger partial charge on any atom is -0.395 e. The van der Waals surface area contributed by atoms with Gasteiger partial charge in [0, 0.05) is 32.3 Å². The molecule has 3 N–H and O–H groups in total. The summed E-state index contributed by atoms with van der Waals surface area (Å²) in [4.78, 5) is 2.63. The summed E-state index contributed by atoms with van der Waals surface area (Å²) in [6.45, 7) is 4.11. The lowest BCUT2D eigenvalue weighted by Gasteiger charge is -2.41. The number of hydrogen-bond acceptors (Lipinski definition) is 4. The van der Waals surface area contributed by atoms with Crippen LogP contribution in [-0.4, -0.2) is 43.3 Å². The van der Waals surface area contributed by atoms with Crippen molar-refractivity contribution in [3.8, 4) is 0 Å². The SMILES string of the molecule is CO[C@H]1CC[C@@H](N2CCC(Nc3cc(C)cc(F)c3N)CC2)CC1. The Morgan fingerprint density at radius 1 is 1.12 bits per heavy atom. The maximum absolute atomic E-state index is 13.8. The van der Waals surface area contributed by atoms with E-state index in [2.05, 4.69) is 10.2 Å². The lowest BCUT2D eigenvalue weighted by molar-refractivity contribution is 0.0329. The number of anilines is 2. The molecule has 1 aromatic carbocycles. The van der Waals surface area contributed by atoms with Crippen LogP contribution in [0.3, 0.4) is 0 Å². The summed E-state index contributed by atoms with van der Waals surface area (Å²) in [5, 5.41) is 3.46. The van der Waals surface area contributed by atoms with E-state index in [-0.39, 0.29) is 11.5 Å². The Labute approximate surface area is 144 Å². The van der Waals surface area contributed by atoms with Crippen molar-refractivity contribution in [1.82, 2.24) is 4.90 Å². The molecule has 1 saturated carbocycles. The third-order valence-corrected chi connectivity index (χ3v) is 5.66. The number of methoxy groups -OCH3 is 1. The Morgan fingerprint density at radius 3 is 2.42 bits per heavy atom. The number of nitrogen functional groups attached to an aromatic ring is 1. The zero-order valence-electron chi connectivity index (χ0n) is 14.9. The van der Waals surface area contributed by atoms with Crippen molar-refractivity contribution in [2.45, 2.75) is 63.6 Å². The van der Waals surface area contributed by atoms with E-state index in [1.807, 2.05) is 20.1 Å². The third kappa shape index (κ3) is 4.01. The summed E-state index contributed by atoms with van der Waals surface area (Å²) in [7, 11) is 1.82. The average Bonchev–Trinajstić information content (AvgIpc) is 2.60. The maximum atomic E-state index is 13.8. The lowest BCUT2D eigenvalue weighted by Crippen LogP contribution is -2.46. The van der Waals surface area contributed by atoms with Crippen LogP contribution in [0.5, 0.6) is 0 Å². The van der Waals surface area contributed by atoms with Crippen LogP contribution in [0.25, 0.3) is 0 Å². The molecule has 1 saturated heterocycles. The summed E-state index contributed by atoms with van der Waals surface area (Å²) in [5.74, 6) is -0.329. The standard InChI is InChI=1S/C19H30FN3O/c1-13-11-17(20)19(21)18(12-13)22-14-7-9-23(10-8-14)15-3-5-16(24-2)6-4-15/h11-12,14-16,22H,3-10,21H2,1-2H3/t15-,16+. The monoisotopic (exact) mass is 335 g/mol. The molecular weight excluding hydrogens is 305 g/mol. The number of likely N-dealkylation sites (tertiary alicyclic amines) is 1. The van der Waals surface area contributed by atoms with Crippen molar-refractivity contribution in [1.29, 1.82) is 0 Å². The van der Waals surface area contributed by atoms with Crippen molar-refractivity contribution < 1.29 is 9.13 Å². The molecule has 2 fully saturated rings. The first-order valence-electron chi connectivity index (χ1n) is 9.16. The molecule has 4 nitrogen and oxygen atoms in total. The molecule has 3 rings (SSSR count). The number of ether oxygens (including phenoxy) is 1. The summed E-state index contributed by atoms with van der Waals surface area (Å²) in [5.41, 5.74) is 7.76. The van der Waals surface area contributed by atoms with Gasteiger partial charge in [-0.1, -0.05) is 0 Å². The van der Waals surface area contributed by atoms with Crippen LogP contribution >= 0.6 is 0 Å². The van der Waals surface area contributed by atoms with E-state index in [1.165, 1.54) is 31.7 Å². The average molecular weight is 335 g/mol. The zero-order chi connectivity index (χ0) is 17.1. The number of nitrogens with zero attached hydrogens (tertiary/aromatic N) is 1. The van der Waals surface area contributed by atoms with Crippen LogP contribution in [0, 0.1) is 12.7 Å². The van der Waals surface area contributed by atoms with Crippen molar-refractivity contribution in [3.05, 3.63) is 23.5 Å². The highest BCUT2D eigenvalue weighted by atomic mass is 19.1. The maximum Gasteiger partial charge on any atom is 0.148 e. The van der Waals surface area contributed by atoms with Crippen molar-refractivity contribution in [2.75, 3.05) is 31.2 Å². The fourth-order valence-corrected chi connectivity index (χ4v) is 4.15. The van der Waals surface area contributed by atoms with E-state index >= 15 is 0 Å². The molecule has 0 atom stereocenters. The molecule has 1 aromatic rings. The van der Waals surface area contributed by atoms with Crippen LogP contribution in [0.2, 0.25) is 0 Å².